The van der Waals surface area contributed by atoms with Gasteiger partial charge in [-0.15, -0.1) is 0 Å². The van der Waals surface area contributed by atoms with Gasteiger partial charge in [0.25, 0.3) is 0 Å². The molecule has 0 aliphatic carbocycles. The maximum absolute atomic E-state index is 12.2. The van der Waals surface area contributed by atoms with Crippen LogP contribution in [0.2, 0.25) is 10.0 Å². The number of carbonyl (C=O) groups excluding carboxylic acids is 1. The molecular weight excluding hydrogens is 395 g/mol. The Hall–Kier alpha value is -2.07. The first-order valence-electron chi connectivity index (χ1n) is 7.64. The Balaban J connectivity index is 1.98. The molecule has 8 heteroatoms. The highest BCUT2D eigenvalue weighted by atomic mass is 35.5. The van der Waals surface area contributed by atoms with Gasteiger partial charge in [0.05, 0.1) is 33.5 Å². The van der Waals surface area contributed by atoms with Crippen LogP contribution in [-0.4, -0.2) is 20.1 Å². The number of nitrogens with one attached hydrogen (secondary N) is 1. The third kappa shape index (κ3) is 5.73. The van der Waals surface area contributed by atoms with Crippen LogP contribution in [0.25, 0.3) is 0 Å². The van der Waals surface area contributed by atoms with Crippen molar-refractivity contribution in [3.05, 3.63) is 69.2 Å². The molecule has 2 aromatic carbocycles. The predicted octanol–water partition coefficient (Wildman–Crippen LogP) is 3.66. The number of nitriles is 1. The minimum Gasteiger partial charge on any atom is -0.349 e. The van der Waals surface area contributed by atoms with Crippen molar-refractivity contribution in [2.75, 3.05) is 5.75 Å². The Morgan fingerprint density at radius 2 is 1.81 bits per heavy atom. The summed E-state index contributed by atoms with van der Waals surface area (Å²) in [5.41, 5.74) is 1.69. The number of hydrogen-bond donors (Lipinski definition) is 1. The van der Waals surface area contributed by atoms with Crippen LogP contribution in [-0.2, 0) is 20.4 Å². The number of carbonyl (C=O) groups is 1. The number of nitrogens with zero attached hydrogens (tertiary/aromatic N) is 1. The van der Waals surface area contributed by atoms with Crippen LogP contribution in [0.5, 0.6) is 0 Å². The number of sulfone groups is 1. The Morgan fingerprint density at radius 1 is 1.15 bits per heavy atom. The lowest BCUT2D eigenvalue weighted by Crippen LogP contribution is -2.32. The molecule has 0 bridgehead atoms. The van der Waals surface area contributed by atoms with Crippen LogP contribution in [0.3, 0.4) is 0 Å². The Labute approximate surface area is 162 Å². The van der Waals surface area contributed by atoms with Crippen LogP contribution in [0.15, 0.2) is 42.5 Å². The molecule has 0 heterocycles. The molecule has 0 aliphatic rings. The van der Waals surface area contributed by atoms with Crippen molar-refractivity contribution in [1.29, 1.82) is 5.26 Å². The van der Waals surface area contributed by atoms with E-state index in [2.05, 4.69) is 5.32 Å². The third-order valence-electron chi connectivity index (χ3n) is 3.64. The molecule has 0 aromatic heterocycles. The summed E-state index contributed by atoms with van der Waals surface area (Å²) in [6, 6.07) is 12.7. The Morgan fingerprint density at radius 3 is 2.38 bits per heavy atom. The molecule has 0 unspecified atom stereocenters. The summed E-state index contributed by atoms with van der Waals surface area (Å²) < 4.78 is 24.4. The van der Waals surface area contributed by atoms with E-state index in [1.54, 1.807) is 37.3 Å². The standard InChI is InChI=1S/C18H16Cl2N2O3S/c1-12(15-6-7-16(19)17(20)8-15)22-18(23)11-26(24,25)10-14-4-2-13(9-21)3-5-14/h2-8,12H,10-11H2,1H3,(H,22,23)/t12-/m1/s1. The summed E-state index contributed by atoms with van der Waals surface area (Å²) >= 11 is 11.8. The maximum Gasteiger partial charge on any atom is 0.235 e. The molecule has 1 atom stereocenters. The van der Waals surface area contributed by atoms with Gasteiger partial charge >= 0.3 is 0 Å². The zero-order valence-electron chi connectivity index (χ0n) is 13.9. The topological polar surface area (TPSA) is 87.0 Å². The van der Waals surface area contributed by atoms with E-state index in [1.165, 1.54) is 12.1 Å². The van der Waals surface area contributed by atoms with Gasteiger partial charge < -0.3 is 5.32 Å². The van der Waals surface area contributed by atoms with Gasteiger partial charge in [-0.25, -0.2) is 8.42 Å². The number of halogens is 2. The summed E-state index contributed by atoms with van der Waals surface area (Å²) in [5.74, 6) is -1.50. The molecular formula is C18H16Cl2N2O3S. The van der Waals surface area contributed by atoms with E-state index in [1.807, 2.05) is 6.07 Å². The van der Waals surface area contributed by atoms with E-state index in [0.717, 1.165) is 5.56 Å². The fraction of sp³-hybridized carbons (Fsp3) is 0.222. The van der Waals surface area contributed by atoms with Gasteiger partial charge in [0.1, 0.15) is 5.75 Å². The van der Waals surface area contributed by atoms with Gasteiger partial charge in [0, 0.05) is 0 Å². The molecule has 26 heavy (non-hydrogen) atoms. The first-order chi connectivity index (χ1) is 12.2. The lowest BCUT2D eigenvalue weighted by atomic mass is 10.1. The minimum absolute atomic E-state index is 0.271. The highest BCUT2D eigenvalue weighted by Crippen LogP contribution is 2.25. The number of rotatable bonds is 6. The predicted molar refractivity (Wildman–Crippen MR) is 102 cm³/mol. The molecule has 0 aliphatic heterocycles. The fourth-order valence-electron chi connectivity index (χ4n) is 2.33. The summed E-state index contributed by atoms with van der Waals surface area (Å²) in [5, 5.41) is 12.2. The third-order valence-corrected chi connectivity index (χ3v) is 5.86. The summed E-state index contributed by atoms with van der Waals surface area (Å²) in [4.78, 5) is 12.1. The monoisotopic (exact) mass is 410 g/mol. The average Bonchev–Trinajstić information content (AvgIpc) is 2.56. The summed E-state index contributed by atoms with van der Waals surface area (Å²) in [6.07, 6.45) is 0. The zero-order chi connectivity index (χ0) is 19.3. The van der Waals surface area contributed by atoms with Crippen LogP contribution >= 0.6 is 23.2 Å². The van der Waals surface area contributed by atoms with Crippen molar-refractivity contribution in [3.63, 3.8) is 0 Å². The van der Waals surface area contributed by atoms with E-state index >= 15 is 0 Å². The molecule has 0 fully saturated rings. The second-order valence-electron chi connectivity index (χ2n) is 5.80. The zero-order valence-corrected chi connectivity index (χ0v) is 16.2. The first-order valence-corrected chi connectivity index (χ1v) is 10.2. The molecule has 0 saturated heterocycles. The van der Waals surface area contributed by atoms with Crippen molar-refractivity contribution in [2.24, 2.45) is 0 Å². The summed E-state index contributed by atoms with van der Waals surface area (Å²) in [7, 11) is -3.64. The average molecular weight is 411 g/mol. The summed E-state index contributed by atoms with van der Waals surface area (Å²) in [6.45, 7) is 1.73. The van der Waals surface area contributed by atoms with Gasteiger partial charge in [0.2, 0.25) is 5.91 Å². The van der Waals surface area contributed by atoms with Crippen LogP contribution in [0, 0.1) is 11.3 Å². The molecule has 5 nitrogen and oxygen atoms in total. The van der Waals surface area contributed by atoms with Crippen molar-refractivity contribution in [2.45, 2.75) is 18.7 Å². The van der Waals surface area contributed by atoms with Crippen molar-refractivity contribution >= 4 is 38.9 Å². The SMILES string of the molecule is C[C@@H](NC(=O)CS(=O)(=O)Cc1ccc(C#N)cc1)c1ccc(Cl)c(Cl)c1. The van der Waals surface area contributed by atoms with Crippen LogP contribution < -0.4 is 5.32 Å². The number of hydrogen-bond acceptors (Lipinski definition) is 4. The highest BCUT2D eigenvalue weighted by Gasteiger charge is 2.19. The Kier molecular flexibility index (Phi) is 6.65. The normalized spacial score (nSPS) is 12.2. The number of amides is 1. The molecule has 2 aromatic rings. The Bertz CT molecular complexity index is 951. The van der Waals surface area contributed by atoms with Gasteiger partial charge in [-0.1, -0.05) is 41.4 Å². The fourth-order valence-corrected chi connectivity index (χ4v) is 3.92. The van der Waals surface area contributed by atoms with E-state index in [0.29, 0.717) is 21.2 Å². The molecule has 1 amide bonds. The van der Waals surface area contributed by atoms with E-state index in [-0.39, 0.29) is 5.75 Å². The van der Waals surface area contributed by atoms with Crippen LogP contribution in [0.4, 0.5) is 0 Å². The smallest absolute Gasteiger partial charge is 0.235 e. The molecule has 1 N–H and O–H groups in total. The van der Waals surface area contributed by atoms with E-state index in [9.17, 15) is 13.2 Å². The number of benzene rings is 2. The molecule has 0 saturated carbocycles. The van der Waals surface area contributed by atoms with Gasteiger partial charge in [-0.05, 0) is 42.3 Å². The van der Waals surface area contributed by atoms with Gasteiger partial charge in [-0.3, -0.25) is 4.79 Å². The molecule has 0 spiro atoms. The lowest BCUT2D eigenvalue weighted by Gasteiger charge is -2.15. The van der Waals surface area contributed by atoms with Crippen molar-refractivity contribution in [1.82, 2.24) is 5.32 Å². The highest BCUT2D eigenvalue weighted by molar-refractivity contribution is 7.91. The first kappa shape index (κ1) is 20.2. The second kappa shape index (κ2) is 8.54. The lowest BCUT2D eigenvalue weighted by molar-refractivity contribution is -0.119. The van der Waals surface area contributed by atoms with Crippen LogP contribution in [0.1, 0.15) is 29.7 Å². The molecule has 136 valence electrons. The maximum atomic E-state index is 12.2. The second-order valence-corrected chi connectivity index (χ2v) is 8.68. The van der Waals surface area contributed by atoms with Crippen molar-refractivity contribution < 1.29 is 13.2 Å². The van der Waals surface area contributed by atoms with Gasteiger partial charge in [-0.2, -0.15) is 5.26 Å². The largest absolute Gasteiger partial charge is 0.349 e. The van der Waals surface area contributed by atoms with E-state index in [4.69, 9.17) is 28.5 Å². The molecule has 2 rings (SSSR count). The quantitative estimate of drug-likeness (QED) is 0.786. The van der Waals surface area contributed by atoms with Crippen molar-refractivity contribution in [3.8, 4) is 6.07 Å². The molecule has 0 radical (unpaired) electrons. The van der Waals surface area contributed by atoms with Gasteiger partial charge in [0.15, 0.2) is 9.84 Å². The van der Waals surface area contributed by atoms with E-state index < -0.39 is 27.5 Å². The minimum atomic E-state index is -3.64.